The van der Waals surface area contributed by atoms with E-state index >= 15 is 0 Å². The van der Waals surface area contributed by atoms with Crippen molar-refractivity contribution in [1.29, 1.82) is 0 Å². The third kappa shape index (κ3) is 2.15. The van der Waals surface area contributed by atoms with Crippen molar-refractivity contribution in [1.82, 2.24) is 4.90 Å². The minimum Gasteiger partial charge on any atom is -0.497 e. The highest BCUT2D eigenvalue weighted by Gasteiger charge is 2.45. The number of fused-ring (bicyclic) bond motifs is 4. The van der Waals surface area contributed by atoms with Crippen molar-refractivity contribution in [2.24, 2.45) is 0 Å². The Morgan fingerprint density at radius 2 is 2.08 bits per heavy atom. The molecule has 1 fully saturated rings. The van der Waals surface area contributed by atoms with Gasteiger partial charge in [-0.15, -0.1) is 11.3 Å². The average molecular weight is 351 g/mol. The van der Waals surface area contributed by atoms with Crippen LogP contribution in [0, 0.1) is 0 Å². The van der Waals surface area contributed by atoms with E-state index in [-0.39, 0.29) is 18.2 Å². The third-order valence-electron chi connectivity index (χ3n) is 5.11. The molecule has 0 aliphatic carbocycles. The van der Waals surface area contributed by atoms with Crippen LogP contribution >= 0.6 is 11.3 Å². The summed E-state index contributed by atoms with van der Waals surface area (Å²) in [7, 11) is 1.66. The second-order valence-electron chi connectivity index (χ2n) is 6.46. The SMILES string of the molecule is COc1cccc([C@@H]2c3sc4ccccc4c3C[C@H]3COC(=O)N32)c1. The maximum absolute atomic E-state index is 12.4. The molecule has 25 heavy (non-hydrogen) atoms. The van der Waals surface area contributed by atoms with E-state index in [9.17, 15) is 4.79 Å². The van der Waals surface area contributed by atoms with Gasteiger partial charge in [0.15, 0.2) is 0 Å². The van der Waals surface area contributed by atoms with Crippen molar-refractivity contribution in [3.8, 4) is 5.75 Å². The van der Waals surface area contributed by atoms with Gasteiger partial charge >= 0.3 is 6.09 Å². The Hall–Kier alpha value is -2.53. The molecule has 2 aliphatic heterocycles. The second kappa shape index (κ2) is 5.49. The summed E-state index contributed by atoms with van der Waals surface area (Å²) in [6.07, 6.45) is 0.631. The monoisotopic (exact) mass is 351 g/mol. The van der Waals surface area contributed by atoms with Crippen LogP contribution in [0.4, 0.5) is 4.79 Å². The number of rotatable bonds is 2. The zero-order chi connectivity index (χ0) is 17.0. The molecule has 0 bridgehead atoms. The minimum absolute atomic E-state index is 0.0919. The molecule has 0 N–H and O–H groups in total. The second-order valence-corrected chi connectivity index (χ2v) is 7.55. The standard InChI is InChI=1S/C20H17NO3S/c1-23-14-6-4-5-12(9-14)18-19-16(10-13-11-24-20(22)21(13)18)15-7-2-3-8-17(15)25-19/h2-9,13,18H,10-11H2,1H3/t13-,18+/m0/s1. The Balaban J connectivity index is 1.75. The summed E-state index contributed by atoms with van der Waals surface area (Å²) < 4.78 is 12.1. The summed E-state index contributed by atoms with van der Waals surface area (Å²) in [5, 5.41) is 1.30. The van der Waals surface area contributed by atoms with Gasteiger partial charge < -0.3 is 9.47 Å². The molecule has 2 atom stereocenters. The number of carbonyl (C=O) groups is 1. The molecular formula is C20H17NO3S. The first kappa shape index (κ1) is 14.8. The van der Waals surface area contributed by atoms with Crippen LogP contribution in [0.1, 0.15) is 22.0 Å². The molecule has 1 amide bonds. The van der Waals surface area contributed by atoms with Gasteiger partial charge in [0.2, 0.25) is 0 Å². The predicted molar refractivity (Wildman–Crippen MR) is 97.3 cm³/mol. The smallest absolute Gasteiger partial charge is 0.411 e. The van der Waals surface area contributed by atoms with E-state index in [4.69, 9.17) is 9.47 Å². The lowest BCUT2D eigenvalue weighted by atomic mass is 9.90. The van der Waals surface area contributed by atoms with Crippen LogP contribution in [0.2, 0.25) is 0 Å². The number of hydrogen-bond donors (Lipinski definition) is 0. The largest absolute Gasteiger partial charge is 0.497 e. The van der Waals surface area contributed by atoms with E-state index < -0.39 is 0 Å². The minimum atomic E-state index is -0.221. The lowest BCUT2D eigenvalue weighted by Crippen LogP contribution is -2.42. The van der Waals surface area contributed by atoms with Crippen molar-refractivity contribution in [2.45, 2.75) is 18.5 Å². The third-order valence-corrected chi connectivity index (χ3v) is 6.37. The van der Waals surface area contributed by atoms with E-state index in [1.165, 1.54) is 20.5 Å². The Morgan fingerprint density at radius 3 is 2.96 bits per heavy atom. The number of methoxy groups -OCH3 is 1. The summed E-state index contributed by atoms with van der Waals surface area (Å²) >= 11 is 1.78. The summed E-state index contributed by atoms with van der Waals surface area (Å²) in [4.78, 5) is 15.6. The number of cyclic esters (lactones) is 1. The van der Waals surface area contributed by atoms with Crippen molar-refractivity contribution in [2.75, 3.05) is 13.7 Å². The number of ether oxygens (including phenoxy) is 2. The first-order chi connectivity index (χ1) is 12.3. The molecule has 5 rings (SSSR count). The predicted octanol–water partition coefficient (Wildman–Crippen LogP) is 4.38. The van der Waals surface area contributed by atoms with E-state index in [0.29, 0.717) is 6.61 Å². The molecule has 126 valence electrons. The van der Waals surface area contributed by atoms with Gasteiger partial charge in [-0.25, -0.2) is 4.79 Å². The molecule has 0 saturated carbocycles. The van der Waals surface area contributed by atoms with Gasteiger partial charge in [0, 0.05) is 9.58 Å². The fourth-order valence-electron chi connectivity index (χ4n) is 3.98. The van der Waals surface area contributed by atoms with Crippen LogP contribution in [-0.4, -0.2) is 30.8 Å². The molecule has 5 heteroatoms. The molecule has 4 nitrogen and oxygen atoms in total. The van der Waals surface area contributed by atoms with E-state index in [1.807, 2.05) is 23.1 Å². The first-order valence-corrected chi connectivity index (χ1v) is 9.17. The average Bonchev–Trinajstić information content (AvgIpc) is 3.21. The number of amides is 1. The maximum atomic E-state index is 12.4. The Kier molecular flexibility index (Phi) is 3.25. The van der Waals surface area contributed by atoms with Gasteiger partial charge in [0.25, 0.3) is 0 Å². The number of thiophene rings is 1. The van der Waals surface area contributed by atoms with Crippen LogP contribution in [-0.2, 0) is 11.2 Å². The quantitative estimate of drug-likeness (QED) is 0.688. The zero-order valence-corrected chi connectivity index (χ0v) is 14.6. The molecule has 0 unspecified atom stereocenters. The van der Waals surface area contributed by atoms with Crippen molar-refractivity contribution in [3.05, 3.63) is 64.5 Å². The summed E-state index contributed by atoms with van der Waals surface area (Å²) in [5.41, 5.74) is 2.42. The number of carbonyl (C=O) groups excluding carboxylic acids is 1. The number of hydrogen-bond acceptors (Lipinski definition) is 4. The highest BCUT2D eigenvalue weighted by molar-refractivity contribution is 7.19. The topological polar surface area (TPSA) is 38.8 Å². The van der Waals surface area contributed by atoms with Gasteiger partial charge in [-0.2, -0.15) is 0 Å². The molecule has 1 aromatic heterocycles. The van der Waals surface area contributed by atoms with E-state index in [0.717, 1.165) is 17.7 Å². The van der Waals surface area contributed by atoms with Gasteiger partial charge in [-0.1, -0.05) is 30.3 Å². The van der Waals surface area contributed by atoms with Crippen LogP contribution in [0.25, 0.3) is 10.1 Å². The lowest BCUT2D eigenvalue weighted by Gasteiger charge is -2.35. The van der Waals surface area contributed by atoms with Crippen molar-refractivity contribution < 1.29 is 14.3 Å². The van der Waals surface area contributed by atoms with Crippen LogP contribution in [0.15, 0.2) is 48.5 Å². The van der Waals surface area contributed by atoms with Gasteiger partial charge in [-0.3, -0.25) is 4.90 Å². The van der Waals surface area contributed by atoms with Crippen LogP contribution in [0.3, 0.4) is 0 Å². The van der Waals surface area contributed by atoms with Crippen molar-refractivity contribution in [3.63, 3.8) is 0 Å². The van der Waals surface area contributed by atoms with Crippen LogP contribution < -0.4 is 4.74 Å². The molecule has 0 spiro atoms. The zero-order valence-electron chi connectivity index (χ0n) is 13.8. The molecule has 2 aromatic carbocycles. The Bertz CT molecular complexity index is 980. The van der Waals surface area contributed by atoms with E-state index in [1.54, 1.807) is 18.4 Å². The summed E-state index contributed by atoms with van der Waals surface area (Å²) in [5.74, 6) is 0.801. The number of nitrogens with zero attached hydrogens (tertiary/aromatic N) is 1. The normalized spacial score (nSPS) is 21.8. The number of benzene rings is 2. The molecular weight excluding hydrogens is 334 g/mol. The van der Waals surface area contributed by atoms with Crippen molar-refractivity contribution >= 4 is 27.5 Å². The molecule has 0 radical (unpaired) electrons. The highest BCUT2D eigenvalue weighted by atomic mass is 32.1. The fourth-order valence-corrected chi connectivity index (χ4v) is 5.34. The van der Waals surface area contributed by atoms with Gasteiger partial charge in [-0.05, 0) is 41.1 Å². The van der Waals surface area contributed by atoms with Gasteiger partial charge in [0.1, 0.15) is 12.4 Å². The molecule has 3 aromatic rings. The van der Waals surface area contributed by atoms with Crippen LogP contribution in [0.5, 0.6) is 5.75 Å². The molecule has 3 heterocycles. The first-order valence-electron chi connectivity index (χ1n) is 8.35. The molecule has 2 aliphatic rings. The highest BCUT2D eigenvalue weighted by Crippen LogP contribution is 2.47. The Labute approximate surface area is 149 Å². The van der Waals surface area contributed by atoms with E-state index in [2.05, 4.69) is 30.3 Å². The lowest BCUT2D eigenvalue weighted by molar-refractivity contribution is 0.148. The molecule has 1 saturated heterocycles. The maximum Gasteiger partial charge on any atom is 0.411 e. The fraction of sp³-hybridized carbons (Fsp3) is 0.250. The summed E-state index contributed by atoms with van der Waals surface area (Å²) in [6.45, 7) is 0.461. The summed E-state index contributed by atoms with van der Waals surface area (Å²) in [6, 6.07) is 16.5. The Morgan fingerprint density at radius 1 is 1.20 bits per heavy atom. The van der Waals surface area contributed by atoms with Gasteiger partial charge in [0.05, 0.1) is 19.2 Å².